The van der Waals surface area contributed by atoms with Crippen molar-refractivity contribution in [1.29, 1.82) is 0 Å². The van der Waals surface area contributed by atoms with E-state index in [9.17, 15) is 0 Å². The van der Waals surface area contributed by atoms with Crippen LogP contribution in [-0.4, -0.2) is 16.3 Å². The fraction of sp³-hybridized carbons (Fsp3) is 1.00. The van der Waals surface area contributed by atoms with E-state index in [0.29, 0.717) is 0 Å². The Balaban J connectivity index is 4.33. The average Bonchev–Trinajstić information content (AvgIpc) is 1.84. The molecular formula is C7H18N2O. The SMILES string of the molecule is CCC(C)(NO)C(C)(C)N. The Morgan fingerprint density at radius 2 is 1.80 bits per heavy atom. The molecule has 3 nitrogen and oxygen atoms in total. The normalized spacial score (nSPS) is 18.6. The van der Waals surface area contributed by atoms with E-state index in [-0.39, 0.29) is 0 Å². The number of rotatable bonds is 3. The summed E-state index contributed by atoms with van der Waals surface area (Å²) in [5.74, 6) is 0. The van der Waals surface area contributed by atoms with Crippen LogP contribution in [0, 0.1) is 0 Å². The van der Waals surface area contributed by atoms with Crippen molar-refractivity contribution in [2.45, 2.75) is 45.2 Å². The quantitative estimate of drug-likeness (QED) is 0.518. The Hall–Kier alpha value is -0.120. The van der Waals surface area contributed by atoms with Crippen LogP contribution in [0.25, 0.3) is 0 Å². The summed E-state index contributed by atoms with van der Waals surface area (Å²) < 4.78 is 0. The van der Waals surface area contributed by atoms with E-state index in [1.54, 1.807) is 0 Å². The molecule has 0 aliphatic rings. The second kappa shape index (κ2) is 2.86. The second-order valence-electron chi connectivity index (χ2n) is 3.52. The Morgan fingerprint density at radius 1 is 1.40 bits per heavy atom. The predicted octanol–water partition coefficient (Wildman–Crippen LogP) is 0.871. The van der Waals surface area contributed by atoms with E-state index >= 15 is 0 Å². The van der Waals surface area contributed by atoms with Gasteiger partial charge in [-0.2, -0.15) is 5.48 Å². The van der Waals surface area contributed by atoms with Gasteiger partial charge in [-0.25, -0.2) is 0 Å². The summed E-state index contributed by atoms with van der Waals surface area (Å²) in [5.41, 5.74) is 7.25. The molecule has 0 aromatic rings. The molecule has 4 N–H and O–H groups in total. The molecule has 0 aliphatic heterocycles. The summed E-state index contributed by atoms with van der Waals surface area (Å²) in [6.07, 6.45) is 0.799. The van der Waals surface area contributed by atoms with E-state index in [1.165, 1.54) is 0 Å². The van der Waals surface area contributed by atoms with Gasteiger partial charge in [0.25, 0.3) is 0 Å². The van der Waals surface area contributed by atoms with Crippen LogP contribution in [0.15, 0.2) is 0 Å². The molecule has 3 heteroatoms. The third kappa shape index (κ3) is 1.68. The maximum Gasteiger partial charge on any atom is 0.0572 e. The minimum Gasteiger partial charge on any atom is -0.324 e. The number of hydrogen-bond acceptors (Lipinski definition) is 3. The zero-order valence-electron chi connectivity index (χ0n) is 7.23. The van der Waals surface area contributed by atoms with E-state index in [2.05, 4.69) is 5.48 Å². The summed E-state index contributed by atoms with van der Waals surface area (Å²) in [4.78, 5) is 0. The molecule has 0 amide bonds. The van der Waals surface area contributed by atoms with Gasteiger partial charge in [0.1, 0.15) is 0 Å². The smallest absolute Gasteiger partial charge is 0.0572 e. The van der Waals surface area contributed by atoms with Gasteiger partial charge in [-0.05, 0) is 27.2 Å². The molecule has 0 radical (unpaired) electrons. The topological polar surface area (TPSA) is 58.3 Å². The Morgan fingerprint density at radius 3 is 1.80 bits per heavy atom. The standard InChI is InChI=1S/C7H18N2O/c1-5-7(4,9-10)6(2,3)8/h9-10H,5,8H2,1-4H3. The van der Waals surface area contributed by atoms with Crippen molar-refractivity contribution in [3.05, 3.63) is 0 Å². The van der Waals surface area contributed by atoms with Gasteiger partial charge in [0.15, 0.2) is 0 Å². The highest BCUT2D eigenvalue weighted by molar-refractivity contribution is 4.97. The molecule has 10 heavy (non-hydrogen) atoms. The third-order valence-corrected chi connectivity index (χ3v) is 2.38. The first kappa shape index (κ1) is 9.88. The summed E-state index contributed by atoms with van der Waals surface area (Å²) in [6.45, 7) is 7.66. The van der Waals surface area contributed by atoms with Crippen molar-refractivity contribution in [2.24, 2.45) is 5.73 Å². The van der Waals surface area contributed by atoms with Crippen LogP contribution in [0.4, 0.5) is 0 Å². The summed E-state index contributed by atoms with van der Waals surface area (Å²) >= 11 is 0. The first-order chi connectivity index (χ1) is 4.37. The van der Waals surface area contributed by atoms with Gasteiger partial charge in [-0.3, -0.25) is 0 Å². The third-order valence-electron chi connectivity index (χ3n) is 2.38. The lowest BCUT2D eigenvalue weighted by Gasteiger charge is -2.39. The van der Waals surface area contributed by atoms with E-state index in [1.807, 2.05) is 27.7 Å². The summed E-state index contributed by atoms with van der Waals surface area (Å²) in [5, 5.41) is 8.79. The van der Waals surface area contributed by atoms with Gasteiger partial charge in [0.05, 0.1) is 5.54 Å². The van der Waals surface area contributed by atoms with Gasteiger partial charge in [0, 0.05) is 5.54 Å². The second-order valence-corrected chi connectivity index (χ2v) is 3.52. The Kier molecular flexibility index (Phi) is 2.83. The van der Waals surface area contributed by atoms with E-state index < -0.39 is 11.1 Å². The number of hydrogen-bond donors (Lipinski definition) is 3. The lowest BCUT2D eigenvalue weighted by Crippen LogP contribution is -2.61. The molecule has 0 aliphatic carbocycles. The zero-order chi connectivity index (χ0) is 8.41. The highest BCUT2D eigenvalue weighted by atomic mass is 16.5. The van der Waals surface area contributed by atoms with Gasteiger partial charge in [-0.1, -0.05) is 6.92 Å². The van der Waals surface area contributed by atoms with Gasteiger partial charge < -0.3 is 10.9 Å². The average molecular weight is 146 g/mol. The van der Waals surface area contributed by atoms with Crippen molar-refractivity contribution in [3.63, 3.8) is 0 Å². The number of nitrogens with two attached hydrogens (primary N) is 1. The highest BCUT2D eigenvalue weighted by Gasteiger charge is 2.35. The minimum atomic E-state index is -0.406. The van der Waals surface area contributed by atoms with Gasteiger partial charge >= 0.3 is 0 Å². The molecule has 0 saturated carbocycles. The zero-order valence-corrected chi connectivity index (χ0v) is 7.23. The maximum atomic E-state index is 8.79. The molecule has 0 bridgehead atoms. The van der Waals surface area contributed by atoms with Crippen LogP contribution in [0.5, 0.6) is 0 Å². The first-order valence-corrected chi connectivity index (χ1v) is 3.57. The van der Waals surface area contributed by atoms with Crippen molar-refractivity contribution < 1.29 is 5.21 Å². The fourth-order valence-electron chi connectivity index (χ4n) is 0.679. The van der Waals surface area contributed by atoms with Crippen molar-refractivity contribution in [2.75, 3.05) is 0 Å². The van der Waals surface area contributed by atoms with Crippen molar-refractivity contribution in [1.82, 2.24) is 5.48 Å². The maximum absolute atomic E-state index is 8.79. The molecule has 0 aromatic carbocycles. The summed E-state index contributed by atoms with van der Waals surface area (Å²) in [6, 6.07) is 0. The molecule has 0 heterocycles. The van der Waals surface area contributed by atoms with Gasteiger partial charge in [0.2, 0.25) is 0 Å². The van der Waals surface area contributed by atoms with Crippen LogP contribution < -0.4 is 11.2 Å². The Bertz CT molecular complexity index is 103. The van der Waals surface area contributed by atoms with Crippen LogP contribution in [0.1, 0.15) is 34.1 Å². The summed E-state index contributed by atoms with van der Waals surface area (Å²) in [7, 11) is 0. The van der Waals surface area contributed by atoms with E-state index in [0.717, 1.165) is 6.42 Å². The Labute approximate surface area is 62.6 Å². The highest BCUT2D eigenvalue weighted by Crippen LogP contribution is 2.21. The largest absolute Gasteiger partial charge is 0.324 e. The predicted molar refractivity (Wildman–Crippen MR) is 41.9 cm³/mol. The van der Waals surface area contributed by atoms with Crippen LogP contribution in [0.2, 0.25) is 0 Å². The van der Waals surface area contributed by atoms with Crippen LogP contribution >= 0.6 is 0 Å². The first-order valence-electron chi connectivity index (χ1n) is 3.57. The van der Waals surface area contributed by atoms with Gasteiger partial charge in [-0.15, -0.1) is 0 Å². The molecule has 0 fully saturated rings. The van der Waals surface area contributed by atoms with Crippen LogP contribution in [-0.2, 0) is 0 Å². The van der Waals surface area contributed by atoms with Crippen LogP contribution in [0.3, 0.4) is 0 Å². The lowest BCUT2D eigenvalue weighted by atomic mass is 9.80. The van der Waals surface area contributed by atoms with E-state index in [4.69, 9.17) is 10.9 Å². The molecule has 0 aromatic heterocycles. The minimum absolute atomic E-state index is 0.396. The molecule has 62 valence electrons. The van der Waals surface area contributed by atoms with Crippen molar-refractivity contribution >= 4 is 0 Å². The van der Waals surface area contributed by atoms with Crippen molar-refractivity contribution in [3.8, 4) is 0 Å². The molecular weight excluding hydrogens is 128 g/mol. The molecule has 0 spiro atoms. The monoisotopic (exact) mass is 146 g/mol. The molecule has 0 saturated heterocycles. The lowest BCUT2D eigenvalue weighted by molar-refractivity contribution is 0.0289. The molecule has 1 unspecified atom stereocenters. The molecule has 1 atom stereocenters. The number of hydroxylamine groups is 1. The fourth-order valence-corrected chi connectivity index (χ4v) is 0.679. The molecule has 0 rings (SSSR count). The number of nitrogens with one attached hydrogen (secondary N) is 1.